The first-order valence-corrected chi connectivity index (χ1v) is 7.25. The number of nitrogen functional groups attached to an aromatic ring is 1. The monoisotopic (exact) mass is 316 g/mol. The van der Waals surface area contributed by atoms with Crippen LogP contribution in [0.1, 0.15) is 13.8 Å². The van der Waals surface area contributed by atoms with E-state index >= 15 is 0 Å². The van der Waals surface area contributed by atoms with E-state index in [0.717, 1.165) is 17.7 Å². The van der Waals surface area contributed by atoms with E-state index in [2.05, 4.69) is 4.98 Å². The highest BCUT2D eigenvalue weighted by Gasteiger charge is 2.20. The second-order valence-corrected chi connectivity index (χ2v) is 6.39. The predicted molar refractivity (Wildman–Crippen MR) is 87.8 cm³/mol. The molecule has 6 heteroatoms. The molecule has 3 aromatic rings. The largest absolute Gasteiger partial charge is 0.399 e. The highest BCUT2D eigenvalue weighted by atomic mass is 19.2. The zero-order valence-electron chi connectivity index (χ0n) is 13.0. The summed E-state index contributed by atoms with van der Waals surface area (Å²) in [6.07, 6.45) is 0. The maximum atomic E-state index is 13.7. The summed E-state index contributed by atoms with van der Waals surface area (Å²) in [7, 11) is 0. The van der Waals surface area contributed by atoms with Crippen molar-refractivity contribution in [2.45, 2.75) is 25.9 Å². The molecule has 0 radical (unpaired) electrons. The van der Waals surface area contributed by atoms with Crippen molar-refractivity contribution in [2.24, 2.45) is 5.73 Å². The first kappa shape index (κ1) is 15.4. The van der Waals surface area contributed by atoms with Crippen molar-refractivity contribution in [3.63, 3.8) is 0 Å². The highest BCUT2D eigenvalue weighted by Crippen LogP contribution is 2.28. The molecule has 0 aliphatic heterocycles. The minimum absolute atomic E-state index is 0.389. The smallest absolute Gasteiger partial charge is 0.161 e. The van der Waals surface area contributed by atoms with E-state index in [0.29, 0.717) is 29.1 Å². The highest BCUT2D eigenvalue weighted by molar-refractivity contribution is 5.81. The fourth-order valence-corrected chi connectivity index (χ4v) is 2.54. The van der Waals surface area contributed by atoms with E-state index in [4.69, 9.17) is 11.5 Å². The van der Waals surface area contributed by atoms with E-state index in [1.54, 1.807) is 12.1 Å². The number of anilines is 1. The molecular weight excluding hydrogens is 298 g/mol. The lowest BCUT2D eigenvalue weighted by molar-refractivity contribution is 0.442. The molecule has 0 fully saturated rings. The van der Waals surface area contributed by atoms with Crippen molar-refractivity contribution in [3.05, 3.63) is 48.0 Å². The average molecular weight is 316 g/mol. The molecule has 0 saturated heterocycles. The summed E-state index contributed by atoms with van der Waals surface area (Å²) in [5.74, 6) is -1.22. The minimum atomic E-state index is -0.919. The average Bonchev–Trinajstić information content (AvgIpc) is 2.77. The number of hydrogen-bond donors (Lipinski definition) is 2. The van der Waals surface area contributed by atoms with Crippen LogP contribution in [0.15, 0.2) is 36.4 Å². The number of halogens is 2. The van der Waals surface area contributed by atoms with Gasteiger partial charge in [-0.15, -0.1) is 0 Å². The van der Waals surface area contributed by atoms with Crippen molar-refractivity contribution in [1.82, 2.24) is 9.55 Å². The van der Waals surface area contributed by atoms with Gasteiger partial charge in [-0.25, -0.2) is 13.8 Å². The molecule has 2 aromatic carbocycles. The molecule has 120 valence electrons. The third-order valence-electron chi connectivity index (χ3n) is 3.52. The van der Waals surface area contributed by atoms with Crippen LogP contribution in [0.2, 0.25) is 0 Å². The van der Waals surface area contributed by atoms with Crippen LogP contribution in [0.5, 0.6) is 0 Å². The summed E-state index contributed by atoms with van der Waals surface area (Å²) in [5, 5.41) is 0. The van der Waals surface area contributed by atoms with Gasteiger partial charge in [0.2, 0.25) is 0 Å². The van der Waals surface area contributed by atoms with E-state index in [9.17, 15) is 8.78 Å². The Kier molecular flexibility index (Phi) is 3.56. The van der Waals surface area contributed by atoms with Gasteiger partial charge in [-0.1, -0.05) is 0 Å². The molecule has 0 atom stereocenters. The summed E-state index contributed by atoms with van der Waals surface area (Å²) < 4.78 is 29.0. The summed E-state index contributed by atoms with van der Waals surface area (Å²) in [6.45, 7) is 4.14. The lowest BCUT2D eigenvalue weighted by Gasteiger charge is -2.21. The van der Waals surface area contributed by atoms with Crippen LogP contribution in [0.25, 0.3) is 22.4 Å². The number of imidazole rings is 1. The Morgan fingerprint density at radius 3 is 2.30 bits per heavy atom. The molecule has 4 N–H and O–H groups in total. The summed E-state index contributed by atoms with van der Waals surface area (Å²) in [4.78, 5) is 4.46. The van der Waals surface area contributed by atoms with Gasteiger partial charge in [0.25, 0.3) is 0 Å². The van der Waals surface area contributed by atoms with Gasteiger partial charge in [0.05, 0.1) is 11.0 Å². The van der Waals surface area contributed by atoms with Gasteiger partial charge >= 0.3 is 0 Å². The predicted octanol–water partition coefficient (Wildman–Crippen LogP) is 3.30. The Hall–Kier alpha value is -2.47. The van der Waals surface area contributed by atoms with Crippen LogP contribution in [0.4, 0.5) is 14.5 Å². The first-order chi connectivity index (χ1) is 10.7. The van der Waals surface area contributed by atoms with Crippen molar-refractivity contribution in [2.75, 3.05) is 5.73 Å². The first-order valence-electron chi connectivity index (χ1n) is 7.25. The number of nitrogens with two attached hydrogens (primary N) is 2. The second-order valence-electron chi connectivity index (χ2n) is 6.39. The number of benzene rings is 2. The standard InChI is InChI=1S/C17H18F2N4/c1-17(2,21)9-23-15-8-13(19)12(18)7-14(15)22-16(23)10-3-5-11(20)6-4-10/h3-8H,9,20-21H2,1-2H3. The number of nitrogens with zero attached hydrogens (tertiary/aromatic N) is 2. The zero-order valence-corrected chi connectivity index (χ0v) is 13.0. The minimum Gasteiger partial charge on any atom is -0.399 e. The third kappa shape index (κ3) is 3.03. The maximum absolute atomic E-state index is 13.7. The maximum Gasteiger partial charge on any atom is 0.161 e. The van der Waals surface area contributed by atoms with Crippen LogP contribution in [-0.2, 0) is 6.54 Å². The van der Waals surface area contributed by atoms with Gasteiger partial charge in [0, 0.05) is 35.5 Å². The molecular formula is C17H18F2N4. The Balaban J connectivity index is 2.26. The summed E-state index contributed by atoms with van der Waals surface area (Å²) in [6, 6.07) is 9.42. The number of fused-ring (bicyclic) bond motifs is 1. The molecule has 4 nitrogen and oxygen atoms in total. The molecule has 0 aliphatic carbocycles. The van der Waals surface area contributed by atoms with Gasteiger partial charge in [0.15, 0.2) is 11.6 Å². The van der Waals surface area contributed by atoms with Gasteiger partial charge in [-0.3, -0.25) is 0 Å². The molecule has 23 heavy (non-hydrogen) atoms. The molecule has 0 aliphatic rings. The number of aromatic nitrogens is 2. The van der Waals surface area contributed by atoms with Crippen molar-refractivity contribution >= 4 is 16.7 Å². The lowest BCUT2D eigenvalue weighted by atomic mass is 10.1. The lowest BCUT2D eigenvalue weighted by Crippen LogP contribution is -2.37. The molecule has 3 rings (SSSR count). The molecule has 1 heterocycles. The van der Waals surface area contributed by atoms with Gasteiger partial charge in [-0.2, -0.15) is 0 Å². The quantitative estimate of drug-likeness (QED) is 0.728. The Morgan fingerprint density at radius 1 is 1.09 bits per heavy atom. The normalized spacial score (nSPS) is 12.0. The van der Waals surface area contributed by atoms with Crippen LogP contribution in [-0.4, -0.2) is 15.1 Å². The third-order valence-corrected chi connectivity index (χ3v) is 3.52. The van der Waals surface area contributed by atoms with Crippen molar-refractivity contribution in [1.29, 1.82) is 0 Å². The van der Waals surface area contributed by atoms with Crippen LogP contribution in [0, 0.1) is 11.6 Å². The molecule has 0 amide bonds. The van der Waals surface area contributed by atoms with E-state index in [1.807, 2.05) is 30.5 Å². The number of rotatable bonds is 3. The van der Waals surface area contributed by atoms with Crippen LogP contribution < -0.4 is 11.5 Å². The fraction of sp³-hybridized carbons (Fsp3) is 0.235. The van der Waals surface area contributed by atoms with E-state index in [-0.39, 0.29) is 0 Å². The summed E-state index contributed by atoms with van der Waals surface area (Å²) in [5.41, 5.74) is 13.6. The number of hydrogen-bond acceptors (Lipinski definition) is 3. The van der Waals surface area contributed by atoms with Crippen molar-refractivity contribution in [3.8, 4) is 11.4 Å². The van der Waals surface area contributed by atoms with Crippen LogP contribution in [0.3, 0.4) is 0 Å². The second kappa shape index (κ2) is 5.31. The van der Waals surface area contributed by atoms with Gasteiger partial charge in [-0.05, 0) is 38.1 Å². The molecule has 0 bridgehead atoms. The Morgan fingerprint density at radius 2 is 1.70 bits per heavy atom. The van der Waals surface area contributed by atoms with Gasteiger partial charge < -0.3 is 16.0 Å². The fourth-order valence-electron chi connectivity index (χ4n) is 2.54. The van der Waals surface area contributed by atoms with Crippen LogP contribution >= 0.6 is 0 Å². The summed E-state index contributed by atoms with van der Waals surface area (Å²) >= 11 is 0. The molecule has 0 spiro atoms. The Labute approximate surface area is 132 Å². The van der Waals surface area contributed by atoms with Crippen molar-refractivity contribution < 1.29 is 8.78 Å². The SMILES string of the molecule is CC(C)(N)Cn1c(-c2ccc(N)cc2)nc2cc(F)c(F)cc21. The molecule has 0 unspecified atom stereocenters. The molecule has 0 saturated carbocycles. The van der Waals surface area contributed by atoms with E-state index < -0.39 is 17.2 Å². The topological polar surface area (TPSA) is 69.9 Å². The van der Waals surface area contributed by atoms with Gasteiger partial charge in [0.1, 0.15) is 5.82 Å². The Bertz CT molecular complexity index is 861. The zero-order chi connectivity index (χ0) is 16.8. The van der Waals surface area contributed by atoms with E-state index in [1.165, 1.54) is 0 Å². The molecule has 1 aromatic heterocycles.